The van der Waals surface area contributed by atoms with E-state index in [2.05, 4.69) is 27.5 Å². The Labute approximate surface area is 164 Å². The molecule has 1 N–H and O–H groups in total. The monoisotopic (exact) mass is 382 g/mol. The van der Waals surface area contributed by atoms with Crippen LogP contribution in [0.5, 0.6) is 5.75 Å². The van der Waals surface area contributed by atoms with Gasteiger partial charge in [0.2, 0.25) is 0 Å². The minimum Gasteiger partial charge on any atom is -0.488 e. The molecule has 0 bridgehead atoms. The predicted molar refractivity (Wildman–Crippen MR) is 107 cm³/mol. The van der Waals surface area contributed by atoms with E-state index in [1.165, 1.54) is 0 Å². The van der Waals surface area contributed by atoms with Crippen molar-refractivity contribution in [2.45, 2.75) is 31.9 Å². The molecule has 1 aliphatic heterocycles. The summed E-state index contributed by atoms with van der Waals surface area (Å²) >= 11 is 0. The van der Waals surface area contributed by atoms with Crippen molar-refractivity contribution in [2.24, 2.45) is 0 Å². The first-order valence-electron chi connectivity index (χ1n) is 9.64. The SMILES string of the molecule is COC[C@@H](Nc1ncnn2cc(OC3CCOCC3)c(C)c12)c1ccccc1. The average molecular weight is 382 g/mol. The molecule has 0 amide bonds. The fraction of sp³-hybridized carbons (Fsp3) is 0.429. The fourth-order valence-electron chi connectivity index (χ4n) is 3.57. The number of fused-ring (bicyclic) bond motifs is 1. The Balaban J connectivity index is 1.63. The Morgan fingerprint density at radius 1 is 1.25 bits per heavy atom. The molecule has 0 spiro atoms. The van der Waals surface area contributed by atoms with E-state index in [0.29, 0.717) is 6.61 Å². The zero-order valence-corrected chi connectivity index (χ0v) is 16.3. The topological polar surface area (TPSA) is 69.9 Å². The Kier molecular flexibility index (Phi) is 5.73. The number of rotatable bonds is 7. The summed E-state index contributed by atoms with van der Waals surface area (Å²) in [6.45, 7) is 4.08. The first kappa shape index (κ1) is 18.7. The van der Waals surface area contributed by atoms with E-state index in [4.69, 9.17) is 14.2 Å². The Hall–Kier alpha value is -2.64. The summed E-state index contributed by atoms with van der Waals surface area (Å²) < 4.78 is 18.9. The number of hydrogen-bond acceptors (Lipinski definition) is 6. The molecule has 0 aliphatic carbocycles. The lowest BCUT2D eigenvalue weighted by Gasteiger charge is -2.23. The highest BCUT2D eigenvalue weighted by atomic mass is 16.5. The molecule has 1 fully saturated rings. The van der Waals surface area contributed by atoms with Gasteiger partial charge in [0, 0.05) is 25.5 Å². The second-order valence-corrected chi connectivity index (χ2v) is 7.01. The van der Waals surface area contributed by atoms with Crippen LogP contribution >= 0.6 is 0 Å². The van der Waals surface area contributed by atoms with Gasteiger partial charge in [0.05, 0.1) is 32.1 Å². The molecule has 3 heterocycles. The molecule has 1 saturated heterocycles. The largest absolute Gasteiger partial charge is 0.488 e. The number of nitrogens with one attached hydrogen (secondary N) is 1. The highest BCUT2D eigenvalue weighted by Gasteiger charge is 2.21. The molecule has 0 saturated carbocycles. The highest BCUT2D eigenvalue weighted by Crippen LogP contribution is 2.31. The minimum atomic E-state index is -0.0148. The van der Waals surface area contributed by atoms with Crippen LogP contribution < -0.4 is 10.1 Å². The molecule has 7 nitrogen and oxygen atoms in total. The van der Waals surface area contributed by atoms with Crippen molar-refractivity contribution in [3.8, 4) is 5.75 Å². The number of ether oxygens (including phenoxy) is 3. The third-order valence-corrected chi connectivity index (χ3v) is 5.09. The first-order valence-corrected chi connectivity index (χ1v) is 9.64. The number of nitrogens with zero attached hydrogens (tertiary/aromatic N) is 3. The van der Waals surface area contributed by atoms with Crippen LogP contribution in [0.4, 0.5) is 5.82 Å². The van der Waals surface area contributed by atoms with E-state index in [0.717, 1.165) is 54.3 Å². The van der Waals surface area contributed by atoms with Crippen LogP contribution in [0.1, 0.15) is 30.0 Å². The molecule has 28 heavy (non-hydrogen) atoms. The summed E-state index contributed by atoms with van der Waals surface area (Å²) in [7, 11) is 1.70. The lowest BCUT2D eigenvalue weighted by molar-refractivity contribution is 0.0253. The predicted octanol–water partition coefficient (Wildman–Crippen LogP) is 3.40. The van der Waals surface area contributed by atoms with Gasteiger partial charge in [-0.1, -0.05) is 30.3 Å². The zero-order valence-electron chi connectivity index (χ0n) is 16.3. The molecular formula is C21H26N4O3. The van der Waals surface area contributed by atoms with Gasteiger partial charge in [-0.15, -0.1) is 0 Å². The summed E-state index contributed by atoms with van der Waals surface area (Å²) in [5.74, 6) is 1.61. The van der Waals surface area contributed by atoms with Gasteiger partial charge in [0.15, 0.2) is 5.82 Å². The molecule has 0 unspecified atom stereocenters. The third kappa shape index (κ3) is 3.95. The lowest BCUT2D eigenvalue weighted by atomic mass is 10.1. The molecule has 1 atom stereocenters. The van der Waals surface area contributed by atoms with Gasteiger partial charge in [-0.25, -0.2) is 9.50 Å². The number of hydrogen-bond donors (Lipinski definition) is 1. The van der Waals surface area contributed by atoms with Crippen molar-refractivity contribution in [1.29, 1.82) is 0 Å². The maximum atomic E-state index is 6.24. The lowest BCUT2D eigenvalue weighted by Crippen LogP contribution is -2.25. The third-order valence-electron chi connectivity index (χ3n) is 5.09. The molecule has 1 aliphatic rings. The summed E-state index contributed by atoms with van der Waals surface area (Å²) in [4.78, 5) is 4.50. The number of aryl methyl sites for hydroxylation is 1. The second-order valence-electron chi connectivity index (χ2n) is 7.01. The van der Waals surface area contributed by atoms with Crippen molar-refractivity contribution >= 4 is 11.3 Å². The number of methoxy groups -OCH3 is 1. The minimum absolute atomic E-state index is 0.0148. The van der Waals surface area contributed by atoms with Gasteiger partial charge < -0.3 is 19.5 Å². The molecule has 4 rings (SSSR count). The number of anilines is 1. The van der Waals surface area contributed by atoms with Crippen molar-refractivity contribution in [2.75, 3.05) is 32.2 Å². The van der Waals surface area contributed by atoms with Crippen molar-refractivity contribution < 1.29 is 14.2 Å². The molecule has 2 aromatic heterocycles. The Morgan fingerprint density at radius 2 is 2.04 bits per heavy atom. The standard InChI is InChI=1S/C21H26N4O3/c1-15-19(28-17-8-10-27-11-9-17)12-25-20(15)21(22-14-23-25)24-18(13-26-2)16-6-4-3-5-7-16/h3-7,12,14,17-18H,8-11,13H2,1-2H3,(H,22,23,24)/t18-/m1/s1. The van der Waals surface area contributed by atoms with E-state index in [1.807, 2.05) is 35.8 Å². The highest BCUT2D eigenvalue weighted by molar-refractivity contribution is 5.75. The van der Waals surface area contributed by atoms with E-state index < -0.39 is 0 Å². The van der Waals surface area contributed by atoms with Crippen molar-refractivity contribution in [1.82, 2.24) is 14.6 Å². The molecule has 1 aromatic carbocycles. The molecule has 7 heteroatoms. The van der Waals surface area contributed by atoms with Crippen LogP contribution in [0, 0.1) is 6.92 Å². The molecule has 0 radical (unpaired) electrons. The summed E-state index contributed by atoms with van der Waals surface area (Å²) in [6, 6.07) is 10.2. The smallest absolute Gasteiger partial charge is 0.154 e. The van der Waals surface area contributed by atoms with Gasteiger partial charge in [0.25, 0.3) is 0 Å². The quantitative estimate of drug-likeness (QED) is 0.675. The van der Waals surface area contributed by atoms with Crippen LogP contribution in [-0.2, 0) is 9.47 Å². The van der Waals surface area contributed by atoms with E-state index in [9.17, 15) is 0 Å². The van der Waals surface area contributed by atoms with Crippen LogP contribution in [0.2, 0.25) is 0 Å². The number of aromatic nitrogens is 3. The van der Waals surface area contributed by atoms with Gasteiger partial charge in [0.1, 0.15) is 23.7 Å². The first-order chi connectivity index (χ1) is 13.8. The summed E-state index contributed by atoms with van der Waals surface area (Å²) in [6.07, 6.45) is 5.49. The second kappa shape index (κ2) is 8.58. The van der Waals surface area contributed by atoms with E-state index >= 15 is 0 Å². The van der Waals surface area contributed by atoms with Crippen LogP contribution in [-0.4, -0.2) is 47.6 Å². The number of benzene rings is 1. The van der Waals surface area contributed by atoms with Gasteiger partial charge >= 0.3 is 0 Å². The van der Waals surface area contributed by atoms with E-state index in [1.54, 1.807) is 13.4 Å². The van der Waals surface area contributed by atoms with Crippen LogP contribution in [0.15, 0.2) is 42.9 Å². The average Bonchev–Trinajstić information content (AvgIpc) is 3.05. The normalized spacial score (nSPS) is 16.2. The van der Waals surface area contributed by atoms with Crippen molar-refractivity contribution in [3.63, 3.8) is 0 Å². The fourth-order valence-corrected chi connectivity index (χ4v) is 3.57. The maximum Gasteiger partial charge on any atom is 0.154 e. The van der Waals surface area contributed by atoms with Gasteiger partial charge in [-0.3, -0.25) is 0 Å². The van der Waals surface area contributed by atoms with Gasteiger partial charge in [-0.2, -0.15) is 5.10 Å². The van der Waals surface area contributed by atoms with E-state index in [-0.39, 0.29) is 12.1 Å². The van der Waals surface area contributed by atoms with Crippen LogP contribution in [0.25, 0.3) is 5.52 Å². The van der Waals surface area contributed by atoms with Gasteiger partial charge in [-0.05, 0) is 12.5 Å². The molecule has 148 valence electrons. The molecular weight excluding hydrogens is 356 g/mol. The summed E-state index contributed by atoms with van der Waals surface area (Å²) in [5, 5.41) is 7.90. The maximum absolute atomic E-state index is 6.24. The summed E-state index contributed by atoms with van der Waals surface area (Å²) in [5.41, 5.74) is 3.09. The zero-order chi connectivity index (χ0) is 19.3. The molecule has 3 aromatic rings. The van der Waals surface area contributed by atoms with Crippen molar-refractivity contribution in [3.05, 3.63) is 54.0 Å². The Bertz CT molecular complexity index is 907. The Morgan fingerprint density at radius 3 is 2.79 bits per heavy atom. The van der Waals surface area contributed by atoms with Crippen LogP contribution in [0.3, 0.4) is 0 Å².